The Morgan fingerprint density at radius 3 is 2.82 bits per heavy atom. The van der Waals surface area contributed by atoms with Gasteiger partial charge in [-0.2, -0.15) is 0 Å². The summed E-state index contributed by atoms with van der Waals surface area (Å²) in [7, 11) is 0. The maximum atomic E-state index is 6.20. The highest BCUT2D eigenvalue weighted by Gasteiger charge is 2.33. The first kappa shape index (κ1) is 16.6. The fraction of sp³-hybridized carbons (Fsp3) is 0.647. The van der Waals surface area contributed by atoms with Crippen molar-refractivity contribution in [3.63, 3.8) is 0 Å². The molecular formula is C17H24ClNO2S. The van der Waals surface area contributed by atoms with Crippen LogP contribution in [0.15, 0.2) is 29.2 Å². The molecule has 0 N–H and O–H groups in total. The molecule has 0 bridgehead atoms. The number of hydrogen-bond donors (Lipinski definition) is 0. The van der Waals surface area contributed by atoms with Crippen molar-refractivity contribution in [2.75, 3.05) is 32.1 Å². The van der Waals surface area contributed by atoms with Gasteiger partial charge in [-0.1, -0.05) is 30.2 Å². The number of thioether (sulfide) groups is 1. The molecule has 1 aromatic carbocycles. The van der Waals surface area contributed by atoms with Crippen molar-refractivity contribution in [3.05, 3.63) is 29.3 Å². The molecule has 2 heterocycles. The van der Waals surface area contributed by atoms with Crippen molar-refractivity contribution in [1.29, 1.82) is 0 Å². The lowest BCUT2D eigenvalue weighted by Gasteiger charge is -2.38. The zero-order chi connectivity index (χ0) is 15.2. The van der Waals surface area contributed by atoms with E-state index in [1.165, 1.54) is 37.1 Å². The van der Waals surface area contributed by atoms with Gasteiger partial charge in [0.2, 0.25) is 0 Å². The van der Waals surface area contributed by atoms with Gasteiger partial charge >= 0.3 is 0 Å². The largest absolute Gasteiger partial charge is 0.349 e. The van der Waals surface area contributed by atoms with Gasteiger partial charge in [-0.15, -0.1) is 11.8 Å². The predicted molar refractivity (Wildman–Crippen MR) is 91.7 cm³/mol. The van der Waals surface area contributed by atoms with E-state index >= 15 is 0 Å². The van der Waals surface area contributed by atoms with Crippen LogP contribution in [0.3, 0.4) is 0 Å². The third kappa shape index (κ3) is 4.39. The Hall–Kier alpha value is -0.260. The normalized spacial score (nSPS) is 24.0. The smallest absolute Gasteiger partial charge is 0.173 e. The van der Waals surface area contributed by atoms with Crippen molar-refractivity contribution in [2.24, 2.45) is 0 Å². The van der Waals surface area contributed by atoms with Gasteiger partial charge in [0.05, 0.1) is 24.3 Å². The van der Waals surface area contributed by atoms with Crippen LogP contribution in [-0.2, 0) is 9.47 Å². The Morgan fingerprint density at radius 2 is 2.00 bits per heavy atom. The summed E-state index contributed by atoms with van der Waals surface area (Å²) in [5, 5.41) is 0.858. The molecule has 1 aromatic rings. The summed E-state index contributed by atoms with van der Waals surface area (Å²) in [6.07, 6.45) is 4.94. The third-order valence-corrected chi connectivity index (χ3v) is 5.91. The molecule has 0 spiro atoms. The van der Waals surface area contributed by atoms with Crippen molar-refractivity contribution < 1.29 is 9.47 Å². The Balaban J connectivity index is 1.44. The van der Waals surface area contributed by atoms with Crippen molar-refractivity contribution in [3.8, 4) is 0 Å². The third-order valence-electron chi connectivity index (χ3n) is 4.31. The van der Waals surface area contributed by atoms with Gasteiger partial charge in [0.15, 0.2) is 6.29 Å². The van der Waals surface area contributed by atoms with E-state index < -0.39 is 0 Å². The molecule has 0 amide bonds. The fourth-order valence-corrected chi connectivity index (χ4v) is 4.39. The van der Waals surface area contributed by atoms with Crippen LogP contribution in [0.4, 0.5) is 0 Å². The zero-order valence-corrected chi connectivity index (χ0v) is 14.5. The summed E-state index contributed by atoms with van der Waals surface area (Å²) >= 11 is 8.04. The van der Waals surface area contributed by atoms with Gasteiger partial charge in [-0.05, 0) is 50.2 Å². The predicted octanol–water partition coefficient (Wildman–Crippen LogP) is 4.05. The van der Waals surface area contributed by atoms with Gasteiger partial charge < -0.3 is 9.47 Å². The number of nitrogens with zero attached hydrogens (tertiary/aromatic N) is 1. The summed E-state index contributed by atoms with van der Waals surface area (Å²) in [5.41, 5.74) is 0. The average molecular weight is 342 g/mol. The Kier molecular flexibility index (Phi) is 6.45. The standard InChI is InChI=1S/C17H24ClNO2S/c18-14-6-1-2-8-16(14)22-13-5-10-19-9-4-3-7-15(19)17-20-11-12-21-17/h1-2,6,8,15,17H,3-5,7,9-13H2. The lowest BCUT2D eigenvalue weighted by molar-refractivity contribution is -0.109. The molecule has 0 aromatic heterocycles. The van der Waals surface area contributed by atoms with Gasteiger partial charge in [-0.3, -0.25) is 4.90 Å². The minimum absolute atomic E-state index is 0.00322. The van der Waals surface area contributed by atoms with E-state index in [4.69, 9.17) is 21.1 Å². The monoisotopic (exact) mass is 341 g/mol. The van der Waals surface area contributed by atoms with Crippen LogP contribution in [0.5, 0.6) is 0 Å². The molecule has 2 saturated heterocycles. The molecule has 2 fully saturated rings. The Bertz CT molecular complexity index is 468. The van der Waals surface area contributed by atoms with Gasteiger partial charge in [-0.25, -0.2) is 0 Å². The lowest BCUT2D eigenvalue weighted by Crippen LogP contribution is -2.47. The lowest BCUT2D eigenvalue weighted by atomic mass is 10.0. The number of benzene rings is 1. The van der Waals surface area contributed by atoms with Crippen LogP contribution in [0.1, 0.15) is 25.7 Å². The minimum atomic E-state index is -0.00322. The van der Waals surface area contributed by atoms with E-state index in [9.17, 15) is 0 Å². The number of ether oxygens (including phenoxy) is 2. The second kappa shape index (κ2) is 8.55. The highest BCUT2D eigenvalue weighted by Crippen LogP contribution is 2.28. The van der Waals surface area contributed by atoms with E-state index in [1.54, 1.807) is 0 Å². The molecule has 1 unspecified atom stereocenters. The molecular weight excluding hydrogens is 318 g/mol. The van der Waals surface area contributed by atoms with E-state index in [0.717, 1.165) is 30.5 Å². The maximum Gasteiger partial charge on any atom is 0.173 e. The molecule has 1 atom stereocenters. The van der Waals surface area contributed by atoms with Crippen molar-refractivity contribution >= 4 is 23.4 Å². The molecule has 2 aliphatic rings. The van der Waals surface area contributed by atoms with Crippen LogP contribution in [0, 0.1) is 0 Å². The average Bonchev–Trinajstić information content (AvgIpc) is 3.08. The topological polar surface area (TPSA) is 21.7 Å². The molecule has 0 aliphatic carbocycles. The maximum absolute atomic E-state index is 6.20. The molecule has 0 saturated carbocycles. The summed E-state index contributed by atoms with van der Waals surface area (Å²) < 4.78 is 11.5. The van der Waals surface area contributed by atoms with E-state index in [-0.39, 0.29) is 6.29 Å². The summed E-state index contributed by atoms with van der Waals surface area (Å²) in [6.45, 7) is 3.78. The van der Waals surface area contributed by atoms with Crippen LogP contribution < -0.4 is 0 Å². The van der Waals surface area contributed by atoms with Crippen LogP contribution in [0.2, 0.25) is 5.02 Å². The molecule has 5 heteroatoms. The van der Waals surface area contributed by atoms with Crippen molar-refractivity contribution in [2.45, 2.75) is 42.9 Å². The number of hydrogen-bond acceptors (Lipinski definition) is 4. The summed E-state index contributed by atoms with van der Waals surface area (Å²) in [4.78, 5) is 3.74. The highest BCUT2D eigenvalue weighted by atomic mass is 35.5. The van der Waals surface area contributed by atoms with E-state index in [1.807, 2.05) is 30.0 Å². The second-order valence-electron chi connectivity index (χ2n) is 5.84. The first-order valence-electron chi connectivity index (χ1n) is 8.19. The van der Waals surface area contributed by atoms with Gasteiger partial charge in [0, 0.05) is 4.90 Å². The van der Waals surface area contributed by atoms with Gasteiger partial charge in [0.1, 0.15) is 0 Å². The summed E-state index contributed by atoms with van der Waals surface area (Å²) in [5.74, 6) is 1.10. The number of piperidine rings is 1. The molecule has 3 nitrogen and oxygen atoms in total. The van der Waals surface area contributed by atoms with Gasteiger partial charge in [0.25, 0.3) is 0 Å². The first-order valence-corrected chi connectivity index (χ1v) is 9.55. The highest BCUT2D eigenvalue weighted by molar-refractivity contribution is 7.99. The fourth-order valence-electron chi connectivity index (χ4n) is 3.21. The Labute approximate surface area is 142 Å². The number of likely N-dealkylation sites (tertiary alicyclic amines) is 1. The molecule has 122 valence electrons. The second-order valence-corrected chi connectivity index (χ2v) is 7.39. The minimum Gasteiger partial charge on any atom is -0.349 e. The van der Waals surface area contributed by atoms with Crippen molar-refractivity contribution in [1.82, 2.24) is 4.90 Å². The Morgan fingerprint density at radius 1 is 1.18 bits per heavy atom. The quantitative estimate of drug-likeness (QED) is 0.574. The molecule has 22 heavy (non-hydrogen) atoms. The van der Waals surface area contributed by atoms with Crippen LogP contribution >= 0.6 is 23.4 Å². The molecule has 2 aliphatic heterocycles. The van der Waals surface area contributed by atoms with E-state index in [0.29, 0.717) is 6.04 Å². The zero-order valence-electron chi connectivity index (χ0n) is 12.9. The SMILES string of the molecule is Clc1ccccc1SCCCN1CCCCC1C1OCCO1. The van der Waals surface area contributed by atoms with E-state index in [2.05, 4.69) is 11.0 Å². The van der Waals surface area contributed by atoms with Crippen LogP contribution in [-0.4, -0.2) is 49.3 Å². The number of halogens is 1. The van der Waals surface area contributed by atoms with Crippen LogP contribution in [0.25, 0.3) is 0 Å². The summed E-state index contributed by atoms with van der Waals surface area (Å²) in [6, 6.07) is 8.52. The number of rotatable bonds is 6. The molecule has 0 radical (unpaired) electrons. The first-order chi connectivity index (χ1) is 10.8. The molecule has 3 rings (SSSR count).